The SMILES string of the molecule is CC[N+](CC(C)C)(C(C)(C)C)C(C)(C)C(C)C. The molecule has 0 aliphatic heterocycles. The number of hydrogen-bond acceptors (Lipinski definition) is 0. The zero-order valence-corrected chi connectivity index (χ0v) is 14.0. The third-order valence-electron chi connectivity index (χ3n) is 5.02. The summed E-state index contributed by atoms with van der Waals surface area (Å²) in [5.74, 6) is 1.44. The van der Waals surface area contributed by atoms with Crippen molar-refractivity contribution in [2.24, 2.45) is 11.8 Å². The zero-order chi connectivity index (χ0) is 14.1. The monoisotopic (exact) mass is 242 g/mol. The van der Waals surface area contributed by atoms with Crippen molar-refractivity contribution in [3.05, 3.63) is 0 Å². The van der Waals surface area contributed by atoms with E-state index in [0.29, 0.717) is 17.0 Å². The summed E-state index contributed by atoms with van der Waals surface area (Å²) in [5, 5.41) is 0. The van der Waals surface area contributed by atoms with Crippen molar-refractivity contribution >= 4 is 0 Å². The lowest BCUT2D eigenvalue weighted by Gasteiger charge is -2.60. The topological polar surface area (TPSA) is 0 Å². The summed E-state index contributed by atoms with van der Waals surface area (Å²) < 4.78 is 1.20. The molecule has 1 unspecified atom stereocenters. The van der Waals surface area contributed by atoms with Gasteiger partial charge in [-0.15, -0.1) is 0 Å². The molecule has 0 spiro atoms. The molecule has 1 heteroatoms. The molecule has 0 N–H and O–H groups in total. The predicted molar refractivity (Wildman–Crippen MR) is 79.2 cm³/mol. The van der Waals surface area contributed by atoms with Crippen molar-refractivity contribution in [2.75, 3.05) is 13.1 Å². The lowest BCUT2D eigenvalue weighted by molar-refractivity contribution is -1.02. The normalized spacial score (nSPS) is 17.6. The molecule has 0 heterocycles. The maximum Gasteiger partial charge on any atom is 0.0962 e. The van der Waals surface area contributed by atoms with Gasteiger partial charge in [0.05, 0.1) is 24.2 Å². The summed E-state index contributed by atoms with van der Waals surface area (Å²) in [6.07, 6.45) is 0. The maximum atomic E-state index is 2.45. The van der Waals surface area contributed by atoms with Crippen molar-refractivity contribution in [3.63, 3.8) is 0 Å². The van der Waals surface area contributed by atoms with Gasteiger partial charge in [0.25, 0.3) is 0 Å². The molecule has 104 valence electrons. The molecule has 0 aromatic carbocycles. The van der Waals surface area contributed by atoms with Crippen molar-refractivity contribution in [1.82, 2.24) is 0 Å². The average Bonchev–Trinajstić information content (AvgIpc) is 2.10. The highest BCUT2D eigenvalue weighted by molar-refractivity contribution is 4.81. The minimum atomic E-state index is 0.298. The molecule has 0 amide bonds. The first-order chi connectivity index (χ1) is 7.42. The molecule has 17 heavy (non-hydrogen) atoms. The number of nitrogens with zero attached hydrogens (tertiary/aromatic N) is 1. The van der Waals surface area contributed by atoms with Crippen LogP contribution in [0.25, 0.3) is 0 Å². The molecule has 0 saturated heterocycles. The molecule has 1 atom stereocenters. The van der Waals surface area contributed by atoms with E-state index in [1.807, 2.05) is 0 Å². The zero-order valence-electron chi connectivity index (χ0n) is 14.0. The van der Waals surface area contributed by atoms with Crippen LogP contribution in [0.5, 0.6) is 0 Å². The van der Waals surface area contributed by atoms with Gasteiger partial charge in [-0.1, -0.05) is 27.7 Å². The minimum Gasteiger partial charge on any atom is -0.315 e. The number of hydrogen-bond donors (Lipinski definition) is 0. The van der Waals surface area contributed by atoms with Crippen LogP contribution in [-0.4, -0.2) is 28.7 Å². The van der Waals surface area contributed by atoms with Gasteiger partial charge in [0.15, 0.2) is 0 Å². The van der Waals surface area contributed by atoms with Crippen LogP contribution in [0.1, 0.15) is 69.2 Å². The van der Waals surface area contributed by atoms with Gasteiger partial charge < -0.3 is 4.48 Å². The largest absolute Gasteiger partial charge is 0.315 e. The Kier molecular flexibility index (Phi) is 5.29. The molecule has 0 bridgehead atoms. The fourth-order valence-electron chi connectivity index (χ4n) is 3.50. The number of quaternary nitrogens is 1. The summed E-state index contributed by atoms with van der Waals surface area (Å²) in [7, 11) is 0. The molecule has 0 fully saturated rings. The van der Waals surface area contributed by atoms with Crippen molar-refractivity contribution in [1.29, 1.82) is 0 Å². The lowest BCUT2D eigenvalue weighted by Crippen LogP contribution is -2.72. The van der Waals surface area contributed by atoms with Crippen LogP contribution >= 0.6 is 0 Å². The highest BCUT2D eigenvalue weighted by Crippen LogP contribution is 2.40. The Balaban J connectivity index is 5.66. The molecule has 1 nitrogen and oxygen atoms in total. The first-order valence-electron chi connectivity index (χ1n) is 7.29. The van der Waals surface area contributed by atoms with E-state index >= 15 is 0 Å². The van der Waals surface area contributed by atoms with Crippen molar-refractivity contribution in [2.45, 2.75) is 80.3 Å². The van der Waals surface area contributed by atoms with E-state index in [2.05, 4.69) is 69.2 Å². The number of rotatable bonds is 5. The third-order valence-corrected chi connectivity index (χ3v) is 5.02. The maximum absolute atomic E-state index is 2.45. The fourth-order valence-corrected chi connectivity index (χ4v) is 3.50. The van der Waals surface area contributed by atoms with Gasteiger partial charge in [-0.05, 0) is 41.5 Å². The van der Waals surface area contributed by atoms with Gasteiger partial charge in [0.1, 0.15) is 0 Å². The average molecular weight is 242 g/mol. The van der Waals surface area contributed by atoms with Crippen LogP contribution in [0.4, 0.5) is 0 Å². The van der Waals surface area contributed by atoms with Gasteiger partial charge in [-0.2, -0.15) is 0 Å². The van der Waals surface area contributed by atoms with Crippen molar-refractivity contribution in [3.8, 4) is 0 Å². The summed E-state index contributed by atoms with van der Waals surface area (Å²) in [4.78, 5) is 0. The highest BCUT2D eigenvalue weighted by atomic mass is 15.4. The molecular formula is C16H36N+. The quantitative estimate of drug-likeness (QED) is 0.612. The summed E-state index contributed by atoms with van der Waals surface area (Å²) in [6, 6.07) is 0. The van der Waals surface area contributed by atoms with E-state index in [0.717, 1.165) is 5.92 Å². The fraction of sp³-hybridized carbons (Fsp3) is 1.00. The van der Waals surface area contributed by atoms with E-state index in [1.54, 1.807) is 0 Å². The van der Waals surface area contributed by atoms with Gasteiger partial charge in [0.2, 0.25) is 0 Å². The van der Waals surface area contributed by atoms with E-state index in [9.17, 15) is 0 Å². The van der Waals surface area contributed by atoms with Crippen LogP contribution in [-0.2, 0) is 0 Å². The molecule has 0 aliphatic carbocycles. The Morgan fingerprint density at radius 1 is 0.882 bits per heavy atom. The third kappa shape index (κ3) is 3.05. The second kappa shape index (κ2) is 5.30. The first-order valence-corrected chi connectivity index (χ1v) is 7.29. The molecule has 0 aromatic heterocycles. The van der Waals surface area contributed by atoms with Crippen LogP contribution in [0.3, 0.4) is 0 Å². The standard InChI is InChI=1S/C16H36N/c1-11-17(12-13(2)3,15(6,7)8)16(9,10)14(4)5/h13-14H,11-12H2,1-10H3/q+1. The Labute approximate surface area is 110 Å². The first kappa shape index (κ1) is 17.0. The molecule has 0 saturated carbocycles. The lowest BCUT2D eigenvalue weighted by atomic mass is 9.80. The van der Waals surface area contributed by atoms with Gasteiger partial charge in [-0.25, -0.2) is 0 Å². The summed E-state index contributed by atoms with van der Waals surface area (Å²) in [5.41, 5.74) is 0.615. The summed E-state index contributed by atoms with van der Waals surface area (Å²) in [6.45, 7) is 26.4. The predicted octanol–water partition coefficient (Wildman–Crippen LogP) is 4.71. The van der Waals surface area contributed by atoms with Crippen LogP contribution in [0, 0.1) is 11.8 Å². The Morgan fingerprint density at radius 2 is 1.29 bits per heavy atom. The van der Waals surface area contributed by atoms with E-state index in [1.165, 1.54) is 17.6 Å². The smallest absolute Gasteiger partial charge is 0.0962 e. The van der Waals surface area contributed by atoms with E-state index in [4.69, 9.17) is 0 Å². The van der Waals surface area contributed by atoms with Crippen LogP contribution in [0.2, 0.25) is 0 Å². The molecule has 0 rings (SSSR count). The van der Waals surface area contributed by atoms with Gasteiger partial charge in [-0.3, -0.25) is 0 Å². The molecule has 0 aromatic rings. The Morgan fingerprint density at radius 3 is 1.47 bits per heavy atom. The van der Waals surface area contributed by atoms with Crippen molar-refractivity contribution < 1.29 is 4.48 Å². The Hall–Kier alpha value is -0.0400. The van der Waals surface area contributed by atoms with Crippen LogP contribution < -0.4 is 0 Å². The summed E-state index contributed by atoms with van der Waals surface area (Å²) >= 11 is 0. The van der Waals surface area contributed by atoms with E-state index < -0.39 is 0 Å². The second-order valence-electron chi connectivity index (χ2n) is 7.84. The van der Waals surface area contributed by atoms with Crippen LogP contribution in [0.15, 0.2) is 0 Å². The second-order valence-corrected chi connectivity index (χ2v) is 7.84. The van der Waals surface area contributed by atoms with Gasteiger partial charge >= 0.3 is 0 Å². The molecule has 0 radical (unpaired) electrons. The molecular weight excluding hydrogens is 206 g/mol. The minimum absolute atomic E-state index is 0.298. The van der Waals surface area contributed by atoms with Gasteiger partial charge in [0, 0.05) is 11.8 Å². The Bertz CT molecular complexity index is 232. The van der Waals surface area contributed by atoms with E-state index in [-0.39, 0.29) is 0 Å². The molecule has 0 aliphatic rings. The highest BCUT2D eigenvalue weighted by Gasteiger charge is 2.51.